The molecule has 0 aliphatic heterocycles. The van der Waals surface area contributed by atoms with Crippen molar-refractivity contribution in [2.45, 2.75) is 334 Å². The van der Waals surface area contributed by atoms with Crippen LogP contribution in [0.5, 0.6) is 0 Å². The summed E-state index contributed by atoms with van der Waals surface area (Å²) in [5.74, 6) is -2.36. The lowest BCUT2D eigenvalue weighted by Gasteiger charge is -2.26. The van der Waals surface area contributed by atoms with Gasteiger partial charge in [-0.05, 0) is 96.3 Å². The number of esters is 2. The number of aliphatic carboxylic acids is 1. The van der Waals surface area contributed by atoms with E-state index >= 15 is 0 Å². The molecular weight excluding hydrogens is 1100 g/mol. The number of carboxylic acids is 1. The first kappa shape index (κ1) is 85.0. The molecule has 9 nitrogen and oxygen atoms in total. The van der Waals surface area contributed by atoms with Gasteiger partial charge in [0.15, 0.2) is 12.4 Å². The molecule has 0 fully saturated rings. The number of ether oxygens (including phenoxy) is 4. The number of quaternary nitrogens is 1. The second-order valence-corrected chi connectivity index (χ2v) is 25.9. The average molecular weight is 1240 g/mol. The molecule has 0 saturated heterocycles. The number of allylic oxidation sites excluding steroid dienone is 18. The molecule has 0 aliphatic carbocycles. The molecular formula is C80H139NO8. The van der Waals surface area contributed by atoms with Gasteiger partial charge in [-0.2, -0.15) is 0 Å². The second-order valence-electron chi connectivity index (χ2n) is 25.9. The molecule has 0 rings (SSSR count). The first-order chi connectivity index (χ1) is 43.6. The molecule has 0 aromatic carbocycles. The van der Waals surface area contributed by atoms with Gasteiger partial charge in [0.1, 0.15) is 13.2 Å². The first-order valence-corrected chi connectivity index (χ1v) is 37.0. The molecule has 0 radical (unpaired) electrons. The van der Waals surface area contributed by atoms with Gasteiger partial charge >= 0.3 is 11.9 Å². The van der Waals surface area contributed by atoms with Crippen LogP contribution in [-0.4, -0.2) is 82.3 Å². The van der Waals surface area contributed by atoms with Crippen LogP contribution in [0.1, 0.15) is 322 Å². The van der Waals surface area contributed by atoms with Crippen molar-refractivity contribution in [3.63, 3.8) is 0 Å². The van der Waals surface area contributed by atoms with Gasteiger partial charge < -0.3 is 33.3 Å². The zero-order chi connectivity index (χ0) is 64.7. The fourth-order valence-electron chi connectivity index (χ4n) is 10.4. The molecule has 0 amide bonds. The maximum Gasteiger partial charge on any atom is 0.306 e. The topological polar surface area (TPSA) is 111 Å². The van der Waals surface area contributed by atoms with E-state index in [-0.39, 0.29) is 38.6 Å². The highest BCUT2D eigenvalue weighted by atomic mass is 16.7. The molecule has 0 aromatic heterocycles. The SMILES string of the molecule is CC/C=C\C/C=C\C/C=C\C/C=C\C/C=C\C/C=C\C/C=C\CCCC(=O)OC(COC(=O)CCCCCCCCCCCCCCCCCCCCCCCCCCCCCCC/C=C\C/C=C\CCCCCCC)COC(OCC[N+](C)(C)C)C(=O)[O-]. The molecule has 0 heterocycles. The number of rotatable bonds is 68. The Morgan fingerprint density at radius 2 is 0.652 bits per heavy atom. The molecule has 2 unspecified atom stereocenters. The summed E-state index contributed by atoms with van der Waals surface area (Å²) in [7, 11) is 5.91. The number of hydrogen-bond donors (Lipinski definition) is 0. The Morgan fingerprint density at radius 1 is 0.348 bits per heavy atom. The van der Waals surface area contributed by atoms with Crippen LogP contribution in [0, 0.1) is 0 Å². The van der Waals surface area contributed by atoms with E-state index in [1.165, 1.54) is 212 Å². The van der Waals surface area contributed by atoms with Gasteiger partial charge in [0.05, 0.1) is 40.3 Å². The third-order valence-corrected chi connectivity index (χ3v) is 16.0. The Bertz CT molecular complexity index is 1830. The fraction of sp³-hybridized carbons (Fsp3) is 0.738. The predicted molar refractivity (Wildman–Crippen MR) is 380 cm³/mol. The summed E-state index contributed by atoms with van der Waals surface area (Å²) in [6.45, 7) is 4.58. The average Bonchev–Trinajstić information content (AvgIpc) is 3.64. The van der Waals surface area contributed by atoms with Gasteiger partial charge in [0.2, 0.25) is 0 Å². The lowest BCUT2D eigenvalue weighted by Crippen LogP contribution is -2.44. The molecule has 0 aliphatic rings. The zero-order valence-electron chi connectivity index (χ0n) is 58.5. The highest BCUT2D eigenvalue weighted by Crippen LogP contribution is 2.18. The number of carbonyl (C=O) groups is 3. The van der Waals surface area contributed by atoms with E-state index in [0.29, 0.717) is 23.9 Å². The van der Waals surface area contributed by atoms with E-state index < -0.39 is 24.3 Å². The molecule has 0 bridgehead atoms. The van der Waals surface area contributed by atoms with Crippen molar-refractivity contribution >= 4 is 17.9 Å². The van der Waals surface area contributed by atoms with Crippen molar-refractivity contribution in [1.82, 2.24) is 0 Å². The summed E-state index contributed by atoms with van der Waals surface area (Å²) in [5.41, 5.74) is 0. The van der Waals surface area contributed by atoms with Gasteiger partial charge in [-0.1, -0.05) is 322 Å². The molecule has 9 heteroatoms. The lowest BCUT2D eigenvalue weighted by atomic mass is 10.0. The van der Waals surface area contributed by atoms with Crippen LogP contribution in [-0.2, 0) is 33.3 Å². The van der Waals surface area contributed by atoms with E-state index in [1.807, 2.05) is 21.1 Å². The van der Waals surface area contributed by atoms with Gasteiger partial charge in [-0.15, -0.1) is 0 Å². The van der Waals surface area contributed by atoms with Crippen LogP contribution in [0.2, 0.25) is 0 Å². The molecule has 0 saturated carbocycles. The maximum atomic E-state index is 12.9. The summed E-state index contributed by atoms with van der Waals surface area (Å²) in [5, 5.41) is 11.8. The van der Waals surface area contributed by atoms with Crippen LogP contribution >= 0.6 is 0 Å². The van der Waals surface area contributed by atoms with Crippen molar-refractivity contribution in [2.24, 2.45) is 0 Å². The Balaban J connectivity index is 4.02. The van der Waals surface area contributed by atoms with Crippen LogP contribution in [0.15, 0.2) is 109 Å². The Labute approximate surface area is 549 Å². The molecule has 2 atom stereocenters. The van der Waals surface area contributed by atoms with Crippen LogP contribution < -0.4 is 5.11 Å². The zero-order valence-corrected chi connectivity index (χ0v) is 58.5. The minimum Gasteiger partial charge on any atom is -0.545 e. The molecule has 0 aromatic rings. The van der Waals surface area contributed by atoms with Gasteiger partial charge in [0, 0.05) is 12.8 Å². The normalized spacial score (nSPS) is 13.3. The molecule has 0 N–H and O–H groups in total. The number of hydrogen-bond acceptors (Lipinski definition) is 8. The van der Waals surface area contributed by atoms with Gasteiger partial charge in [-0.25, -0.2) is 0 Å². The van der Waals surface area contributed by atoms with E-state index in [9.17, 15) is 19.5 Å². The predicted octanol–water partition coefficient (Wildman–Crippen LogP) is 22.0. The first-order valence-electron chi connectivity index (χ1n) is 37.0. The summed E-state index contributed by atoms with van der Waals surface area (Å²) >= 11 is 0. The highest BCUT2D eigenvalue weighted by molar-refractivity contribution is 5.70. The molecule has 0 spiro atoms. The number of nitrogens with zero attached hydrogens (tertiary/aromatic N) is 1. The lowest BCUT2D eigenvalue weighted by molar-refractivity contribution is -0.870. The Morgan fingerprint density at radius 3 is 0.989 bits per heavy atom. The van der Waals surface area contributed by atoms with Crippen LogP contribution in [0.4, 0.5) is 0 Å². The standard InChI is InChI=1S/C80H139NO8/c1-6-8-10-12-14-16-18-20-22-24-26-28-30-31-32-33-34-35-36-37-38-39-40-41-42-43-44-45-46-47-49-50-52-54-56-58-60-62-64-66-68-70-77(82)87-74-76(75-88-80(79(84)85)86-73-72-81(3,4)5)89-78(83)71-69-67-65-63-61-59-57-55-53-51-48-29-27-25-23-21-19-17-15-13-11-9-7-2/h9,11,15,17-18,20-21,23-24,26-27,29,51,53,57,59,63,65,76,80H,6-8,10,12-14,16,19,22,25,28,30-50,52,54-56,58,60-62,64,66-75H2,1-5H3/b11-9-,17-15-,20-18-,23-21-,26-24-,29-27-,53-51-,59-57-,65-63-. The minimum atomic E-state index is -1.64. The third-order valence-electron chi connectivity index (χ3n) is 16.0. The number of unbranched alkanes of at least 4 members (excludes halogenated alkanes) is 35. The van der Waals surface area contributed by atoms with Crippen molar-refractivity contribution in [2.75, 3.05) is 47.5 Å². The number of carboxylic acid groups (broad SMARTS) is 1. The Kier molecular flexibility index (Phi) is 66.7. The van der Waals surface area contributed by atoms with E-state index in [0.717, 1.165) is 70.6 Å². The quantitative estimate of drug-likeness (QED) is 0.0195. The van der Waals surface area contributed by atoms with Crippen LogP contribution in [0.3, 0.4) is 0 Å². The van der Waals surface area contributed by atoms with E-state index in [4.69, 9.17) is 18.9 Å². The minimum absolute atomic E-state index is 0.133. The maximum absolute atomic E-state index is 12.9. The van der Waals surface area contributed by atoms with Crippen molar-refractivity contribution < 1.29 is 42.9 Å². The van der Waals surface area contributed by atoms with Crippen molar-refractivity contribution in [3.05, 3.63) is 109 Å². The number of carbonyl (C=O) groups excluding carboxylic acids is 3. The monoisotopic (exact) mass is 1240 g/mol. The van der Waals surface area contributed by atoms with E-state index in [1.54, 1.807) is 0 Å². The smallest absolute Gasteiger partial charge is 0.306 e. The third kappa shape index (κ3) is 71.3. The highest BCUT2D eigenvalue weighted by Gasteiger charge is 2.22. The van der Waals surface area contributed by atoms with Gasteiger partial charge in [-0.3, -0.25) is 9.59 Å². The number of likely N-dealkylation sites (N-methyl/N-ethyl adjacent to an activating group) is 1. The fourth-order valence-corrected chi connectivity index (χ4v) is 10.4. The summed E-state index contributed by atoms with van der Waals surface area (Å²) in [6.07, 6.45) is 95.1. The van der Waals surface area contributed by atoms with Crippen molar-refractivity contribution in [1.29, 1.82) is 0 Å². The Hall–Kier alpha value is -4.05. The van der Waals surface area contributed by atoms with Crippen molar-refractivity contribution in [3.8, 4) is 0 Å². The summed E-state index contributed by atoms with van der Waals surface area (Å²) < 4.78 is 22.7. The largest absolute Gasteiger partial charge is 0.545 e. The van der Waals surface area contributed by atoms with Crippen LogP contribution in [0.25, 0.3) is 0 Å². The summed E-state index contributed by atoms with van der Waals surface area (Å²) in [4.78, 5) is 37.4. The van der Waals surface area contributed by atoms with E-state index in [2.05, 4.69) is 123 Å². The molecule has 512 valence electrons. The molecule has 89 heavy (non-hydrogen) atoms. The second kappa shape index (κ2) is 69.8. The van der Waals surface area contributed by atoms with Gasteiger partial charge in [0.25, 0.3) is 0 Å². The summed E-state index contributed by atoms with van der Waals surface area (Å²) in [6, 6.07) is 0.